The SMILES string of the molecule is COC(=O)CCCC(=O)n1cncn1. The van der Waals surface area contributed by atoms with Crippen LogP contribution in [-0.4, -0.2) is 33.8 Å². The van der Waals surface area contributed by atoms with Crippen LogP contribution in [0.3, 0.4) is 0 Å². The highest BCUT2D eigenvalue weighted by atomic mass is 16.5. The summed E-state index contributed by atoms with van der Waals surface area (Å²) in [5.41, 5.74) is 0. The van der Waals surface area contributed by atoms with Gasteiger partial charge in [0.2, 0.25) is 5.91 Å². The molecular formula is C8H11N3O3. The van der Waals surface area contributed by atoms with E-state index >= 15 is 0 Å². The molecule has 6 heteroatoms. The number of aromatic nitrogens is 3. The van der Waals surface area contributed by atoms with E-state index in [2.05, 4.69) is 14.8 Å². The van der Waals surface area contributed by atoms with Crippen LogP contribution in [0, 0.1) is 0 Å². The van der Waals surface area contributed by atoms with Crippen LogP contribution in [0.2, 0.25) is 0 Å². The monoisotopic (exact) mass is 197 g/mol. The van der Waals surface area contributed by atoms with Crippen molar-refractivity contribution in [3.8, 4) is 0 Å². The molecule has 1 aromatic rings. The first kappa shape index (κ1) is 10.4. The first-order chi connectivity index (χ1) is 6.74. The molecule has 1 heterocycles. The zero-order valence-electron chi connectivity index (χ0n) is 7.84. The second kappa shape index (κ2) is 5.11. The summed E-state index contributed by atoms with van der Waals surface area (Å²) in [5, 5.41) is 3.67. The fraction of sp³-hybridized carbons (Fsp3) is 0.500. The molecule has 6 nitrogen and oxygen atoms in total. The van der Waals surface area contributed by atoms with Crippen LogP contribution in [0.4, 0.5) is 0 Å². The highest BCUT2D eigenvalue weighted by molar-refractivity contribution is 5.78. The lowest BCUT2D eigenvalue weighted by atomic mass is 10.2. The Morgan fingerprint density at radius 2 is 2.21 bits per heavy atom. The number of hydrogen-bond acceptors (Lipinski definition) is 5. The van der Waals surface area contributed by atoms with Crippen molar-refractivity contribution in [2.45, 2.75) is 19.3 Å². The van der Waals surface area contributed by atoms with Crippen molar-refractivity contribution >= 4 is 11.9 Å². The Hall–Kier alpha value is -1.72. The highest BCUT2D eigenvalue weighted by Gasteiger charge is 2.06. The van der Waals surface area contributed by atoms with Gasteiger partial charge in [-0.15, -0.1) is 0 Å². The minimum Gasteiger partial charge on any atom is -0.469 e. The number of esters is 1. The largest absolute Gasteiger partial charge is 0.469 e. The fourth-order valence-corrected chi connectivity index (χ4v) is 0.938. The van der Waals surface area contributed by atoms with E-state index < -0.39 is 0 Å². The Balaban J connectivity index is 2.26. The van der Waals surface area contributed by atoms with E-state index in [-0.39, 0.29) is 24.7 Å². The van der Waals surface area contributed by atoms with Gasteiger partial charge in [-0.05, 0) is 6.42 Å². The van der Waals surface area contributed by atoms with Gasteiger partial charge >= 0.3 is 5.97 Å². The van der Waals surface area contributed by atoms with Gasteiger partial charge in [-0.3, -0.25) is 9.59 Å². The standard InChI is InChI=1S/C8H11N3O3/c1-14-8(13)4-2-3-7(12)11-6-9-5-10-11/h5-6H,2-4H2,1H3. The summed E-state index contributed by atoms with van der Waals surface area (Å²) < 4.78 is 5.59. The van der Waals surface area contributed by atoms with Crippen LogP contribution in [-0.2, 0) is 9.53 Å². The molecule has 0 radical (unpaired) electrons. The zero-order chi connectivity index (χ0) is 10.4. The highest BCUT2D eigenvalue weighted by Crippen LogP contribution is 1.99. The number of rotatable bonds is 4. The van der Waals surface area contributed by atoms with Crippen molar-refractivity contribution in [2.24, 2.45) is 0 Å². The van der Waals surface area contributed by atoms with Crippen molar-refractivity contribution in [1.29, 1.82) is 0 Å². The van der Waals surface area contributed by atoms with E-state index in [1.165, 1.54) is 19.8 Å². The second-order valence-corrected chi connectivity index (χ2v) is 2.66. The molecule has 0 amide bonds. The van der Waals surface area contributed by atoms with Gasteiger partial charge in [-0.25, -0.2) is 4.98 Å². The van der Waals surface area contributed by atoms with Gasteiger partial charge < -0.3 is 4.74 Å². The summed E-state index contributed by atoms with van der Waals surface area (Å²) in [5.74, 6) is -0.484. The first-order valence-electron chi connectivity index (χ1n) is 4.18. The molecule has 0 unspecified atom stereocenters. The van der Waals surface area contributed by atoms with Crippen LogP contribution >= 0.6 is 0 Å². The van der Waals surface area contributed by atoms with E-state index in [0.717, 1.165) is 4.68 Å². The van der Waals surface area contributed by atoms with E-state index in [1.54, 1.807) is 0 Å². The average molecular weight is 197 g/mol. The topological polar surface area (TPSA) is 74.1 Å². The summed E-state index contributed by atoms with van der Waals surface area (Å²) in [6.07, 6.45) is 3.60. The van der Waals surface area contributed by atoms with Gasteiger partial charge in [0, 0.05) is 12.8 Å². The summed E-state index contributed by atoms with van der Waals surface area (Å²) in [4.78, 5) is 25.6. The predicted molar refractivity (Wildman–Crippen MR) is 46.5 cm³/mol. The molecule has 0 aromatic carbocycles. The van der Waals surface area contributed by atoms with Crippen LogP contribution in [0.25, 0.3) is 0 Å². The van der Waals surface area contributed by atoms with Gasteiger partial charge in [0.05, 0.1) is 7.11 Å². The van der Waals surface area contributed by atoms with Crippen molar-refractivity contribution in [1.82, 2.24) is 14.8 Å². The molecule has 0 atom stereocenters. The Kier molecular flexibility index (Phi) is 3.78. The van der Waals surface area contributed by atoms with Crippen LogP contribution < -0.4 is 0 Å². The third-order valence-corrected chi connectivity index (χ3v) is 1.67. The molecule has 0 aliphatic carbocycles. The van der Waals surface area contributed by atoms with Gasteiger partial charge in [0.15, 0.2) is 0 Å². The number of ether oxygens (including phenoxy) is 1. The maximum absolute atomic E-state index is 11.3. The summed E-state index contributed by atoms with van der Waals surface area (Å²) in [6, 6.07) is 0. The van der Waals surface area contributed by atoms with Crippen LogP contribution in [0.5, 0.6) is 0 Å². The van der Waals surface area contributed by atoms with Crippen molar-refractivity contribution in [2.75, 3.05) is 7.11 Å². The normalized spacial score (nSPS) is 9.79. The summed E-state index contributed by atoms with van der Waals surface area (Å²) in [6.45, 7) is 0. The fourth-order valence-electron chi connectivity index (χ4n) is 0.938. The number of methoxy groups -OCH3 is 1. The molecule has 0 bridgehead atoms. The Morgan fingerprint density at radius 1 is 1.43 bits per heavy atom. The maximum Gasteiger partial charge on any atom is 0.305 e. The molecule has 14 heavy (non-hydrogen) atoms. The zero-order valence-corrected chi connectivity index (χ0v) is 7.84. The predicted octanol–water partition coefficient (Wildman–Crippen LogP) is 0.262. The molecule has 0 spiro atoms. The van der Waals surface area contributed by atoms with E-state index in [4.69, 9.17) is 0 Å². The Morgan fingerprint density at radius 3 is 2.79 bits per heavy atom. The third kappa shape index (κ3) is 2.96. The van der Waals surface area contributed by atoms with E-state index in [1.807, 2.05) is 0 Å². The number of carbonyl (C=O) groups excluding carboxylic acids is 2. The molecular weight excluding hydrogens is 186 g/mol. The first-order valence-corrected chi connectivity index (χ1v) is 4.18. The summed E-state index contributed by atoms with van der Waals surface area (Å²) >= 11 is 0. The Labute approximate surface area is 80.9 Å². The molecule has 0 saturated heterocycles. The van der Waals surface area contributed by atoms with E-state index in [0.29, 0.717) is 6.42 Å². The molecule has 0 aliphatic rings. The number of nitrogens with zero attached hydrogens (tertiary/aromatic N) is 3. The van der Waals surface area contributed by atoms with Gasteiger partial charge in [0.1, 0.15) is 12.7 Å². The third-order valence-electron chi connectivity index (χ3n) is 1.67. The smallest absolute Gasteiger partial charge is 0.305 e. The average Bonchev–Trinajstić information content (AvgIpc) is 2.70. The lowest BCUT2D eigenvalue weighted by molar-refractivity contribution is -0.140. The minimum atomic E-state index is -0.309. The number of carbonyl (C=O) groups is 2. The van der Waals surface area contributed by atoms with Crippen LogP contribution in [0.1, 0.15) is 24.1 Å². The minimum absolute atomic E-state index is 0.175. The maximum atomic E-state index is 11.3. The Bertz CT molecular complexity index is 308. The van der Waals surface area contributed by atoms with Crippen molar-refractivity contribution in [3.05, 3.63) is 12.7 Å². The van der Waals surface area contributed by atoms with Crippen molar-refractivity contribution < 1.29 is 14.3 Å². The lowest BCUT2D eigenvalue weighted by Gasteiger charge is -1.99. The van der Waals surface area contributed by atoms with E-state index in [9.17, 15) is 9.59 Å². The van der Waals surface area contributed by atoms with Gasteiger partial charge in [-0.2, -0.15) is 9.78 Å². The van der Waals surface area contributed by atoms with Gasteiger partial charge in [-0.1, -0.05) is 0 Å². The molecule has 76 valence electrons. The molecule has 0 aliphatic heterocycles. The van der Waals surface area contributed by atoms with Crippen molar-refractivity contribution in [3.63, 3.8) is 0 Å². The quantitative estimate of drug-likeness (QED) is 0.647. The molecule has 0 fully saturated rings. The van der Waals surface area contributed by atoms with Crippen LogP contribution in [0.15, 0.2) is 12.7 Å². The van der Waals surface area contributed by atoms with Gasteiger partial charge in [0.25, 0.3) is 0 Å². The lowest BCUT2D eigenvalue weighted by Crippen LogP contribution is -2.11. The number of hydrogen-bond donors (Lipinski definition) is 0. The molecule has 1 rings (SSSR count). The second-order valence-electron chi connectivity index (χ2n) is 2.66. The molecule has 0 N–H and O–H groups in total. The molecule has 0 saturated carbocycles. The molecule has 1 aromatic heterocycles. The summed E-state index contributed by atoms with van der Waals surface area (Å²) in [7, 11) is 1.32.